The lowest BCUT2D eigenvalue weighted by Gasteiger charge is -2.42. The Morgan fingerprint density at radius 2 is 1.45 bits per heavy atom. The van der Waals surface area contributed by atoms with E-state index in [1.165, 1.54) is 38.5 Å². The molecule has 0 aromatic heterocycles. The largest absolute Gasteiger partial charge is 0.464 e. The molecule has 1 fully saturated rings. The minimum atomic E-state index is -2.32. The second-order valence-corrected chi connectivity index (χ2v) is 12.1. The highest BCUT2D eigenvalue weighted by Gasteiger charge is 2.47. The van der Waals surface area contributed by atoms with Crippen molar-refractivity contribution < 1.29 is 64.7 Å². The lowest BCUT2D eigenvalue weighted by molar-refractivity contribution is -0.326. The number of amides is 1. The third-order valence-electron chi connectivity index (χ3n) is 8.26. The molecule has 0 saturated carbocycles. The van der Waals surface area contributed by atoms with E-state index in [0.29, 0.717) is 12.0 Å². The number of carbonyl (C=O) groups is 2. The SMILES string of the molecule is CCCCCCCCCCCCOC(=O)C(Cc1ccccc1)NC(=O)[C@H](O)[C@H](O)[C@@H](O[C@H]1O[C@H](CO)[C@@H](O)[C@H](O)[C@H]1O)[C@H](O)CO. The summed E-state index contributed by atoms with van der Waals surface area (Å²) in [6.07, 6.45) is -6.15. The average molecular weight is 674 g/mol. The zero-order valence-electron chi connectivity index (χ0n) is 27.2. The Morgan fingerprint density at radius 1 is 0.851 bits per heavy atom. The lowest BCUT2D eigenvalue weighted by atomic mass is 9.98. The maximum atomic E-state index is 13.1. The number of esters is 1. The second-order valence-electron chi connectivity index (χ2n) is 12.1. The van der Waals surface area contributed by atoms with Crippen LogP contribution in [0.3, 0.4) is 0 Å². The summed E-state index contributed by atoms with van der Waals surface area (Å²) in [4.78, 5) is 26.2. The van der Waals surface area contributed by atoms with Gasteiger partial charge in [0.1, 0.15) is 48.8 Å². The van der Waals surface area contributed by atoms with Crippen molar-refractivity contribution in [1.29, 1.82) is 0 Å². The van der Waals surface area contributed by atoms with Gasteiger partial charge in [-0.25, -0.2) is 4.79 Å². The molecule has 1 amide bonds. The molecule has 14 nitrogen and oxygen atoms in total. The van der Waals surface area contributed by atoms with Gasteiger partial charge in [-0.2, -0.15) is 0 Å². The van der Waals surface area contributed by atoms with Crippen molar-refractivity contribution in [1.82, 2.24) is 5.32 Å². The van der Waals surface area contributed by atoms with Crippen LogP contribution in [0, 0.1) is 0 Å². The molecular weight excluding hydrogens is 618 g/mol. The number of aliphatic hydroxyl groups excluding tert-OH is 8. The van der Waals surface area contributed by atoms with E-state index in [9.17, 15) is 50.4 Å². The van der Waals surface area contributed by atoms with Crippen LogP contribution in [-0.4, -0.2) is 134 Å². The monoisotopic (exact) mass is 673 g/mol. The van der Waals surface area contributed by atoms with Crippen molar-refractivity contribution in [2.45, 2.75) is 139 Å². The zero-order valence-corrected chi connectivity index (χ0v) is 27.2. The molecule has 0 aliphatic carbocycles. The average Bonchev–Trinajstić information content (AvgIpc) is 3.08. The first-order chi connectivity index (χ1) is 22.5. The van der Waals surface area contributed by atoms with Gasteiger partial charge in [0, 0.05) is 6.42 Å². The first-order valence-corrected chi connectivity index (χ1v) is 16.7. The summed E-state index contributed by atoms with van der Waals surface area (Å²) in [6.45, 7) is 0.521. The van der Waals surface area contributed by atoms with Gasteiger partial charge in [-0.3, -0.25) is 4.79 Å². The molecule has 14 heteroatoms. The molecule has 1 saturated heterocycles. The van der Waals surface area contributed by atoms with Crippen molar-refractivity contribution in [3.63, 3.8) is 0 Å². The molecule has 1 aromatic rings. The fourth-order valence-corrected chi connectivity index (χ4v) is 5.34. The minimum Gasteiger partial charge on any atom is -0.464 e. The molecule has 270 valence electrons. The fourth-order valence-electron chi connectivity index (χ4n) is 5.34. The number of rotatable bonds is 23. The van der Waals surface area contributed by atoms with Crippen LogP contribution in [-0.2, 0) is 30.2 Å². The third-order valence-corrected chi connectivity index (χ3v) is 8.26. The van der Waals surface area contributed by atoms with Crippen LogP contribution in [0.2, 0.25) is 0 Å². The van der Waals surface area contributed by atoms with Crippen LogP contribution in [0.5, 0.6) is 0 Å². The molecule has 1 unspecified atom stereocenters. The van der Waals surface area contributed by atoms with Crippen LogP contribution >= 0.6 is 0 Å². The summed E-state index contributed by atoms with van der Waals surface area (Å²) < 4.78 is 16.0. The highest BCUT2D eigenvalue weighted by Crippen LogP contribution is 2.25. The van der Waals surface area contributed by atoms with E-state index in [-0.39, 0.29) is 13.0 Å². The molecule has 47 heavy (non-hydrogen) atoms. The van der Waals surface area contributed by atoms with Crippen molar-refractivity contribution in [2.24, 2.45) is 0 Å². The molecule has 1 aliphatic rings. The molecular formula is C33H55NO13. The van der Waals surface area contributed by atoms with E-state index in [2.05, 4.69) is 12.2 Å². The predicted octanol–water partition coefficient (Wildman–Crippen LogP) is -0.562. The smallest absolute Gasteiger partial charge is 0.328 e. The van der Waals surface area contributed by atoms with Crippen molar-refractivity contribution in [3.05, 3.63) is 35.9 Å². The van der Waals surface area contributed by atoms with Crippen LogP contribution in [0.15, 0.2) is 30.3 Å². The van der Waals surface area contributed by atoms with Crippen LogP contribution in [0.25, 0.3) is 0 Å². The molecule has 0 radical (unpaired) electrons. The van der Waals surface area contributed by atoms with Gasteiger partial charge in [-0.05, 0) is 12.0 Å². The third kappa shape index (κ3) is 13.7. The Balaban J connectivity index is 2.00. The van der Waals surface area contributed by atoms with Gasteiger partial charge < -0.3 is 60.4 Å². The molecule has 0 spiro atoms. The quantitative estimate of drug-likeness (QED) is 0.0524. The summed E-state index contributed by atoms with van der Waals surface area (Å²) in [5.41, 5.74) is 0.684. The van der Waals surface area contributed by atoms with Crippen LogP contribution in [0.1, 0.15) is 76.7 Å². The first-order valence-electron chi connectivity index (χ1n) is 16.7. The van der Waals surface area contributed by atoms with E-state index >= 15 is 0 Å². The number of unbranched alkanes of at least 4 members (excludes halogenated alkanes) is 9. The van der Waals surface area contributed by atoms with Gasteiger partial charge in [-0.15, -0.1) is 0 Å². The van der Waals surface area contributed by atoms with E-state index in [1.807, 2.05) is 0 Å². The van der Waals surface area contributed by atoms with Crippen LogP contribution in [0.4, 0.5) is 0 Å². The van der Waals surface area contributed by atoms with E-state index in [1.54, 1.807) is 30.3 Å². The lowest BCUT2D eigenvalue weighted by Crippen LogP contribution is -2.62. The second kappa shape index (κ2) is 22.4. The summed E-state index contributed by atoms with van der Waals surface area (Å²) in [6, 6.07) is 7.51. The number of hydrogen-bond acceptors (Lipinski definition) is 13. The van der Waals surface area contributed by atoms with E-state index in [0.717, 1.165) is 19.3 Å². The number of ether oxygens (including phenoxy) is 3. The summed E-state index contributed by atoms with van der Waals surface area (Å²) in [7, 11) is 0. The van der Waals surface area contributed by atoms with Crippen LogP contribution < -0.4 is 5.32 Å². The van der Waals surface area contributed by atoms with Gasteiger partial charge in [0.15, 0.2) is 12.4 Å². The Labute approximate surface area is 276 Å². The first kappa shape index (κ1) is 40.9. The Kier molecular flexibility index (Phi) is 19.5. The maximum absolute atomic E-state index is 13.1. The maximum Gasteiger partial charge on any atom is 0.328 e. The highest BCUT2D eigenvalue weighted by atomic mass is 16.7. The Morgan fingerprint density at radius 3 is 2.02 bits per heavy atom. The van der Waals surface area contributed by atoms with Gasteiger partial charge in [0.2, 0.25) is 0 Å². The summed E-state index contributed by atoms with van der Waals surface area (Å²) in [5.74, 6) is -1.97. The number of benzene rings is 1. The summed E-state index contributed by atoms with van der Waals surface area (Å²) in [5, 5.41) is 83.6. The highest BCUT2D eigenvalue weighted by molar-refractivity contribution is 5.87. The molecule has 1 aliphatic heterocycles. The van der Waals surface area contributed by atoms with Gasteiger partial charge in [0.05, 0.1) is 19.8 Å². The molecule has 1 heterocycles. The predicted molar refractivity (Wildman–Crippen MR) is 169 cm³/mol. The minimum absolute atomic E-state index is 0.0102. The van der Waals surface area contributed by atoms with Gasteiger partial charge in [-0.1, -0.05) is 95.0 Å². The van der Waals surface area contributed by atoms with Crippen molar-refractivity contribution in [3.8, 4) is 0 Å². The summed E-state index contributed by atoms with van der Waals surface area (Å²) >= 11 is 0. The standard InChI is InChI=1S/C33H55NO13/c1-2-3-4-5-6-7-8-9-10-14-17-45-32(44)22(18-21-15-12-11-13-16-21)34-31(43)28(41)27(40)30(23(37)19-35)47-33-29(42)26(39)25(38)24(20-36)46-33/h11-13,15-16,22-30,33,35-42H,2-10,14,17-20H2,1H3,(H,34,43)/t22?,23-,24-,25-,26+,27+,28-,29-,30+,33-/m1/s1. The normalized spacial score (nSPS) is 24.6. The number of carbonyl (C=O) groups excluding carboxylic acids is 2. The van der Waals surface area contributed by atoms with Crippen molar-refractivity contribution >= 4 is 11.9 Å². The topological polar surface area (TPSA) is 236 Å². The zero-order chi connectivity index (χ0) is 34.8. The Hall–Kier alpha value is -2.24. The number of hydrogen-bond donors (Lipinski definition) is 9. The number of aliphatic hydroxyl groups is 8. The number of nitrogens with one attached hydrogen (secondary N) is 1. The van der Waals surface area contributed by atoms with Gasteiger partial charge in [0.25, 0.3) is 5.91 Å². The fraction of sp³-hybridized carbons (Fsp3) is 0.758. The molecule has 10 atom stereocenters. The molecule has 2 rings (SSSR count). The molecule has 0 bridgehead atoms. The molecule has 1 aromatic carbocycles. The Bertz CT molecular complexity index is 1000. The van der Waals surface area contributed by atoms with E-state index < -0.39 is 86.3 Å². The van der Waals surface area contributed by atoms with Crippen molar-refractivity contribution in [2.75, 3.05) is 19.8 Å². The van der Waals surface area contributed by atoms with E-state index in [4.69, 9.17) is 14.2 Å². The molecule has 9 N–H and O–H groups in total. The van der Waals surface area contributed by atoms with Gasteiger partial charge >= 0.3 is 5.97 Å².